The second kappa shape index (κ2) is 10.7. The van der Waals surface area contributed by atoms with Crippen LogP contribution in [0.15, 0.2) is 54.6 Å². The number of rotatable bonds is 9. The molecule has 0 aliphatic rings. The zero-order valence-corrected chi connectivity index (χ0v) is 19.7. The molecule has 0 fully saturated rings. The van der Waals surface area contributed by atoms with Crippen molar-refractivity contribution in [2.24, 2.45) is 11.5 Å². The number of anilines is 1. The number of thiophene rings is 1. The summed E-state index contributed by atoms with van der Waals surface area (Å²) in [4.78, 5) is 12.7. The molecule has 0 spiro atoms. The van der Waals surface area contributed by atoms with Gasteiger partial charge in [-0.05, 0) is 29.5 Å². The molecule has 4 aromatic rings. The highest BCUT2D eigenvalue weighted by Gasteiger charge is 2.18. The Hall–Kier alpha value is -3.67. The lowest BCUT2D eigenvalue weighted by Gasteiger charge is -2.13. The molecule has 35 heavy (non-hydrogen) atoms. The number of halogens is 2. The summed E-state index contributed by atoms with van der Waals surface area (Å²) in [6.45, 7) is 2.50. The van der Waals surface area contributed by atoms with E-state index in [1.54, 1.807) is 0 Å². The first-order chi connectivity index (χ1) is 16.9. The molecule has 0 aliphatic carbocycles. The van der Waals surface area contributed by atoms with Crippen LogP contribution in [0, 0.1) is 11.8 Å². The van der Waals surface area contributed by atoms with E-state index in [-0.39, 0.29) is 24.3 Å². The van der Waals surface area contributed by atoms with Crippen LogP contribution >= 0.6 is 11.3 Å². The Labute approximate surface area is 204 Å². The van der Waals surface area contributed by atoms with Gasteiger partial charge in [0.05, 0.1) is 23.4 Å². The van der Waals surface area contributed by atoms with E-state index in [1.165, 1.54) is 29.8 Å². The Balaban J connectivity index is 1.66. The number of hydrogen-bond donors (Lipinski definition) is 5. The summed E-state index contributed by atoms with van der Waals surface area (Å²) in [6, 6.07) is 8.54. The molecule has 0 saturated carbocycles. The maximum atomic E-state index is 14.7. The lowest BCUT2D eigenvalue weighted by atomic mass is 9.97. The van der Waals surface area contributed by atoms with Crippen LogP contribution in [-0.4, -0.2) is 39.8 Å². The summed E-state index contributed by atoms with van der Waals surface area (Å²) in [5.74, 6) is -0.890. The van der Waals surface area contributed by atoms with Gasteiger partial charge in [0, 0.05) is 47.9 Å². The topological polar surface area (TPSA) is 135 Å². The molecule has 0 amide bonds. The van der Waals surface area contributed by atoms with Crippen LogP contribution in [-0.2, 0) is 0 Å². The standard InChI is InChI=1S/C24H25F2N7OS/c1-13(28)18-10-31-21(26)8-17(18)16-4-2-3-14-7-20(35-23(14)16)22-19(25)11-32-24(33-22)30-6-5-29-15(9-27)12-34/h2-4,7-11,13,29,34H,5-6,12,27-28H2,1H3,(H,30,32,33)/b15-9-. The third-order valence-electron chi connectivity index (χ3n) is 5.34. The van der Waals surface area contributed by atoms with Crippen molar-refractivity contribution in [3.05, 3.63) is 72.0 Å². The molecule has 3 aromatic heterocycles. The lowest BCUT2D eigenvalue weighted by Crippen LogP contribution is -2.24. The van der Waals surface area contributed by atoms with Crippen LogP contribution < -0.4 is 22.1 Å². The van der Waals surface area contributed by atoms with E-state index >= 15 is 0 Å². The SMILES string of the molecule is CC(N)c1cnc(F)cc1-c1cccc2cc(-c3nc(NCCN/C(=C\N)CO)ncc3F)sc12. The number of nitrogens with two attached hydrogens (primary N) is 2. The highest BCUT2D eigenvalue weighted by atomic mass is 32.1. The molecule has 11 heteroatoms. The van der Waals surface area contributed by atoms with Gasteiger partial charge in [0.25, 0.3) is 0 Å². The van der Waals surface area contributed by atoms with Gasteiger partial charge in [-0.2, -0.15) is 4.39 Å². The van der Waals surface area contributed by atoms with Crippen LogP contribution in [0.5, 0.6) is 0 Å². The van der Waals surface area contributed by atoms with Gasteiger partial charge in [-0.3, -0.25) is 0 Å². The fraction of sp³-hybridized carbons (Fsp3) is 0.208. The Morgan fingerprint density at radius 1 is 1.17 bits per heavy atom. The zero-order valence-electron chi connectivity index (χ0n) is 18.9. The summed E-state index contributed by atoms with van der Waals surface area (Å²) in [7, 11) is 0. The number of aromatic nitrogens is 3. The van der Waals surface area contributed by atoms with E-state index in [9.17, 15) is 8.78 Å². The van der Waals surface area contributed by atoms with Crippen LogP contribution in [0.25, 0.3) is 31.8 Å². The van der Waals surface area contributed by atoms with Crippen molar-refractivity contribution in [3.63, 3.8) is 0 Å². The summed E-state index contributed by atoms with van der Waals surface area (Å²) < 4.78 is 29.6. The van der Waals surface area contributed by atoms with Crippen molar-refractivity contribution >= 4 is 27.4 Å². The van der Waals surface area contributed by atoms with Gasteiger partial charge in [0.1, 0.15) is 5.69 Å². The summed E-state index contributed by atoms with van der Waals surface area (Å²) >= 11 is 1.36. The number of hydrogen-bond acceptors (Lipinski definition) is 9. The molecule has 0 bridgehead atoms. The number of benzene rings is 1. The quantitative estimate of drug-likeness (QED) is 0.175. The van der Waals surface area contributed by atoms with E-state index in [1.807, 2.05) is 31.2 Å². The van der Waals surface area contributed by atoms with Gasteiger partial charge in [0.15, 0.2) is 5.82 Å². The smallest absolute Gasteiger partial charge is 0.223 e. The molecule has 8 nitrogen and oxygen atoms in total. The lowest BCUT2D eigenvalue weighted by molar-refractivity contribution is 0.321. The fourth-order valence-electron chi connectivity index (χ4n) is 3.62. The fourth-order valence-corrected chi connectivity index (χ4v) is 4.80. The van der Waals surface area contributed by atoms with Crippen molar-refractivity contribution in [2.45, 2.75) is 13.0 Å². The minimum Gasteiger partial charge on any atom is -0.403 e. The summed E-state index contributed by atoms with van der Waals surface area (Å²) in [5, 5.41) is 16.0. The van der Waals surface area contributed by atoms with Crippen LogP contribution in [0.2, 0.25) is 0 Å². The van der Waals surface area contributed by atoms with Crippen LogP contribution in [0.3, 0.4) is 0 Å². The van der Waals surface area contributed by atoms with Crippen molar-refractivity contribution in [2.75, 3.05) is 25.0 Å². The first-order valence-electron chi connectivity index (χ1n) is 10.9. The molecule has 4 rings (SSSR count). The molecular weight excluding hydrogens is 472 g/mol. The largest absolute Gasteiger partial charge is 0.403 e. The Morgan fingerprint density at radius 2 is 2.00 bits per heavy atom. The minimum atomic E-state index is -0.599. The number of aliphatic hydroxyl groups is 1. The van der Waals surface area contributed by atoms with Gasteiger partial charge >= 0.3 is 0 Å². The Kier molecular flexibility index (Phi) is 7.49. The average Bonchev–Trinajstić information content (AvgIpc) is 3.29. The Bertz CT molecular complexity index is 1370. The summed E-state index contributed by atoms with van der Waals surface area (Å²) in [6.07, 6.45) is 3.86. The number of nitrogens with one attached hydrogen (secondary N) is 2. The monoisotopic (exact) mass is 497 g/mol. The third kappa shape index (κ3) is 5.37. The molecule has 0 aliphatic heterocycles. The van der Waals surface area contributed by atoms with Crippen molar-refractivity contribution in [1.82, 2.24) is 20.3 Å². The van der Waals surface area contributed by atoms with Gasteiger partial charge in [0.2, 0.25) is 11.9 Å². The van der Waals surface area contributed by atoms with E-state index in [2.05, 4.69) is 25.6 Å². The van der Waals surface area contributed by atoms with E-state index < -0.39 is 11.8 Å². The van der Waals surface area contributed by atoms with Gasteiger partial charge in [-0.1, -0.05) is 18.2 Å². The first-order valence-corrected chi connectivity index (χ1v) is 11.7. The molecule has 1 atom stereocenters. The molecule has 1 aromatic carbocycles. The number of pyridine rings is 1. The second-order valence-corrected chi connectivity index (χ2v) is 8.86. The zero-order chi connectivity index (χ0) is 24.9. The maximum absolute atomic E-state index is 14.7. The van der Waals surface area contributed by atoms with Gasteiger partial charge in [-0.25, -0.2) is 19.3 Å². The van der Waals surface area contributed by atoms with Gasteiger partial charge < -0.3 is 27.2 Å². The highest BCUT2D eigenvalue weighted by molar-refractivity contribution is 7.22. The number of fused-ring (bicyclic) bond motifs is 1. The maximum Gasteiger partial charge on any atom is 0.223 e. The van der Waals surface area contributed by atoms with Crippen LogP contribution in [0.1, 0.15) is 18.5 Å². The predicted octanol–water partition coefficient (Wildman–Crippen LogP) is 3.51. The van der Waals surface area contributed by atoms with E-state index in [0.29, 0.717) is 29.2 Å². The molecule has 0 saturated heterocycles. The van der Waals surface area contributed by atoms with E-state index in [4.69, 9.17) is 16.6 Å². The first kappa shape index (κ1) is 24.5. The highest BCUT2D eigenvalue weighted by Crippen LogP contribution is 2.41. The van der Waals surface area contributed by atoms with Crippen molar-refractivity contribution in [1.29, 1.82) is 0 Å². The summed E-state index contributed by atoms with van der Waals surface area (Å²) in [5.41, 5.74) is 14.3. The van der Waals surface area contributed by atoms with Crippen molar-refractivity contribution in [3.8, 4) is 21.7 Å². The van der Waals surface area contributed by atoms with Gasteiger partial charge in [-0.15, -0.1) is 11.3 Å². The molecule has 182 valence electrons. The van der Waals surface area contributed by atoms with Crippen molar-refractivity contribution < 1.29 is 13.9 Å². The van der Waals surface area contributed by atoms with Crippen LogP contribution in [0.4, 0.5) is 14.7 Å². The molecule has 0 radical (unpaired) electrons. The van der Waals surface area contributed by atoms with E-state index in [0.717, 1.165) is 27.4 Å². The Morgan fingerprint density at radius 3 is 2.74 bits per heavy atom. The number of nitrogens with zero attached hydrogens (tertiary/aromatic N) is 3. The average molecular weight is 498 g/mol. The second-order valence-electron chi connectivity index (χ2n) is 7.81. The predicted molar refractivity (Wildman–Crippen MR) is 134 cm³/mol. The minimum absolute atomic E-state index is 0.161. The molecule has 3 heterocycles. The number of aliphatic hydroxyl groups excluding tert-OH is 1. The molecule has 7 N–H and O–H groups in total. The third-order valence-corrected chi connectivity index (χ3v) is 6.53. The molecular formula is C24H25F2N7OS. The normalized spacial score (nSPS) is 12.7. The molecule has 1 unspecified atom stereocenters.